The Balaban J connectivity index is 2.23. The number of ether oxygens (including phenoxy) is 1. The molecular formula is C18H26F2O2. The molecule has 0 bridgehead atoms. The summed E-state index contributed by atoms with van der Waals surface area (Å²) >= 11 is 0. The zero-order valence-electron chi connectivity index (χ0n) is 13.4. The van der Waals surface area contributed by atoms with Crippen molar-refractivity contribution in [2.45, 2.75) is 70.5 Å². The second-order valence-corrected chi connectivity index (χ2v) is 6.55. The second kappa shape index (κ2) is 7.40. The SMILES string of the molecule is CC(C)Oc1ccc(C(O)(CC(F)F)C2CCCCC2)cc1. The molecule has 1 aromatic rings. The summed E-state index contributed by atoms with van der Waals surface area (Å²) in [6.07, 6.45) is 1.81. The third kappa shape index (κ3) is 4.19. The minimum Gasteiger partial charge on any atom is -0.491 e. The Morgan fingerprint density at radius 2 is 1.73 bits per heavy atom. The van der Waals surface area contributed by atoms with E-state index in [1.807, 2.05) is 13.8 Å². The molecular weight excluding hydrogens is 286 g/mol. The fraction of sp³-hybridized carbons (Fsp3) is 0.667. The summed E-state index contributed by atoms with van der Waals surface area (Å²) in [6.45, 7) is 3.87. The smallest absolute Gasteiger partial charge is 0.241 e. The van der Waals surface area contributed by atoms with Gasteiger partial charge in [0, 0.05) is 6.42 Å². The van der Waals surface area contributed by atoms with E-state index < -0.39 is 18.4 Å². The van der Waals surface area contributed by atoms with Gasteiger partial charge in [-0.3, -0.25) is 0 Å². The molecule has 0 radical (unpaired) electrons. The van der Waals surface area contributed by atoms with Crippen LogP contribution < -0.4 is 4.74 Å². The topological polar surface area (TPSA) is 29.5 Å². The molecule has 0 saturated heterocycles. The largest absolute Gasteiger partial charge is 0.491 e. The number of hydrogen-bond donors (Lipinski definition) is 1. The maximum Gasteiger partial charge on any atom is 0.241 e. The molecule has 0 aliphatic heterocycles. The van der Waals surface area contributed by atoms with Crippen molar-refractivity contribution in [1.82, 2.24) is 0 Å². The van der Waals surface area contributed by atoms with Crippen molar-refractivity contribution in [1.29, 1.82) is 0 Å². The lowest BCUT2D eigenvalue weighted by Gasteiger charge is -2.39. The van der Waals surface area contributed by atoms with Crippen LogP contribution in [0.25, 0.3) is 0 Å². The molecule has 0 aromatic heterocycles. The number of hydrogen-bond acceptors (Lipinski definition) is 2. The summed E-state index contributed by atoms with van der Waals surface area (Å²) in [6, 6.07) is 6.98. The summed E-state index contributed by atoms with van der Waals surface area (Å²) in [5, 5.41) is 11.0. The van der Waals surface area contributed by atoms with Crippen molar-refractivity contribution in [3.8, 4) is 5.75 Å². The molecule has 0 heterocycles. The molecule has 2 nitrogen and oxygen atoms in total. The van der Waals surface area contributed by atoms with Gasteiger partial charge in [-0.15, -0.1) is 0 Å². The van der Waals surface area contributed by atoms with Gasteiger partial charge in [0.2, 0.25) is 6.43 Å². The van der Waals surface area contributed by atoms with Crippen LogP contribution in [0.15, 0.2) is 24.3 Å². The van der Waals surface area contributed by atoms with Gasteiger partial charge in [-0.1, -0.05) is 31.4 Å². The summed E-state index contributed by atoms with van der Waals surface area (Å²) in [5.41, 5.74) is -0.860. The first-order valence-electron chi connectivity index (χ1n) is 8.19. The van der Waals surface area contributed by atoms with Crippen LogP contribution in [0.1, 0.15) is 57.9 Å². The first-order valence-corrected chi connectivity index (χ1v) is 8.19. The maximum atomic E-state index is 13.0. The van der Waals surface area contributed by atoms with E-state index in [1.54, 1.807) is 24.3 Å². The lowest BCUT2D eigenvalue weighted by atomic mass is 9.72. The summed E-state index contributed by atoms with van der Waals surface area (Å²) in [5.74, 6) is 0.605. The molecule has 1 saturated carbocycles. The van der Waals surface area contributed by atoms with Crippen molar-refractivity contribution >= 4 is 0 Å². The predicted octanol–water partition coefficient (Wildman–Crippen LogP) is 4.90. The molecule has 1 unspecified atom stereocenters. The van der Waals surface area contributed by atoms with Crippen LogP contribution in [0, 0.1) is 5.92 Å². The molecule has 4 heteroatoms. The summed E-state index contributed by atoms with van der Waals surface area (Å²) in [4.78, 5) is 0. The minimum absolute atomic E-state index is 0.0594. The molecule has 1 aliphatic carbocycles. The predicted molar refractivity (Wildman–Crippen MR) is 83.3 cm³/mol. The highest BCUT2D eigenvalue weighted by Gasteiger charge is 2.41. The highest BCUT2D eigenvalue weighted by molar-refractivity contribution is 5.31. The van der Waals surface area contributed by atoms with Crippen LogP contribution in [-0.2, 0) is 5.60 Å². The van der Waals surface area contributed by atoms with Crippen molar-refractivity contribution in [3.05, 3.63) is 29.8 Å². The Bertz CT molecular complexity index is 453. The first kappa shape index (κ1) is 17.2. The highest BCUT2D eigenvalue weighted by atomic mass is 19.3. The number of alkyl halides is 2. The van der Waals surface area contributed by atoms with Gasteiger partial charge in [-0.25, -0.2) is 8.78 Å². The van der Waals surface area contributed by atoms with E-state index in [0.29, 0.717) is 11.3 Å². The number of benzene rings is 1. The Morgan fingerprint density at radius 3 is 2.23 bits per heavy atom. The average molecular weight is 312 g/mol. The minimum atomic E-state index is -2.52. The van der Waals surface area contributed by atoms with Crippen LogP contribution in [0.3, 0.4) is 0 Å². The molecule has 22 heavy (non-hydrogen) atoms. The van der Waals surface area contributed by atoms with Crippen molar-refractivity contribution in [2.75, 3.05) is 0 Å². The number of rotatable bonds is 6. The Morgan fingerprint density at radius 1 is 1.14 bits per heavy atom. The third-order valence-corrected chi connectivity index (χ3v) is 4.47. The first-order chi connectivity index (χ1) is 10.4. The quantitative estimate of drug-likeness (QED) is 0.810. The number of halogens is 2. The standard InChI is InChI=1S/C18H26F2O2/c1-13(2)22-16-10-8-15(9-11-16)18(21,12-17(19)20)14-6-4-3-5-7-14/h8-11,13-14,17,21H,3-7,12H2,1-2H3. The Kier molecular flexibility index (Phi) is 5.79. The fourth-order valence-electron chi connectivity index (χ4n) is 3.43. The van der Waals surface area contributed by atoms with E-state index in [0.717, 1.165) is 32.1 Å². The van der Waals surface area contributed by atoms with Gasteiger partial charge in [0.25, 0.3) is 0 Å². The summed E-state index contributed by atoms with van der Waals surface area (Å²) < 4.78 is 31.7. The normalized spacial score (nSPS) is 19.4. The van der Waals surface area contributed by atoms with Crippen LogP contribution in [0.4, 0.5) is 8.78 Å². The lowest BCUT2D eigenvalue weighted by molar-refractivity contribution is -0.0809. The van der Waals surface area contributed by atoms with Crippen molar-refractivity contribution in [2.24, 2.45) is 5.92 Å². The lowest BCUT2D eigenvalue weighted by Crippen LogP contribution is -2.38. The van der Waals surface area contributed by atoms with Gasteiger partial charge in [-0.05, 0) is 50.3 Å². The molecule has 1 fully saturated rings. The molecule has 2 rings (SSSR count). The van der Waals surface area contributed by atoms with Crippen LogP contribution in [0.2, 0.25) is 0 Å². The van der Waals surface area contributed by atoms with E-state index in [-0.39, 0.29) is 12.0 Å². The van der Waals surface area contributed by atoms with Crippen LogP contribution in [-0.4, -0.2) is 17.6 Å². The Labute approximate surface area is 131 Å². The van der Waals surface area contributed by atoms with Crippen molar-refractivity contribution in [3.63, 3.8) is 0 Å². The molecule has 1 N–H and O–H groups in total. The fourth-order valence-corrected chi connectivity index (χ4v) is 3.43. The van der Waals surface area contributed by atoms with E-state index in [4.69, 9.17) is 4.74 Å². The van der Waals surface area contributed by atoms with E-state index in [9.17, 15) is 13.9 Å². The molecule has 0 spiro atoms. The summed E-state index contributed by atoms with van der Waals surface area (Å²) in [7, 11) is 0. The van der Waals surface area contributed by atoms with Gasteiger partial charge >= 0.3 is 0 Å². The molecule has 1 aromatic carbocycles. The molecule has 124 valence electrons. The number of aliphatic hydroxyl groups is 1. The van der Waals surface area contributed by atoms with Gasteiger partial charge in [-0.2, -0.15) is 0 Å². The van der Waals surface area contributed by atoms with Gasteiger partial charge in [0.05, 0.1) is 11.7 Å². The molecule has 1 aliphatic rings. The zero-order valence-corrected chi connectivity index (χ0v) is 13.4. The zero-order chi connectivity index (χ0) is 16.2. The van der Waals surface area contributed by atoms with Gasteiger partial charge in [0.1, 0.15) is 5.75 Å². The van der Waals surface area contributed by atoms with Crippen LogP contribution in [0.5, 0.6) is 5.75 Å². The van der Waals surface area contributed by atoms with E-state index in [2.05, 4.69) is 0 Å². The average Bonchev–Trinajstić information content (AvgIpc) is 2.47. The van der Waals surface area contributed by atoms with Crippen LogP contribution >= 0.6 is 0 Å². The van der Waals surface area contributed by atoms with Gasteiger partial charge < -0.3 is 9.84 Å². The maximum absolute atomic E-state index is 13.0. The Hall–Kier alpha value is -1.16. The van der Waals surface area contributed by atoms with E-state index >= 15 is 0 Å². The van der Waals surface area contributed by atoms with Gasteiger partial charge in [0.15, 0.2) is 0 Å². The molecule has 0 amide bonds. The van der Waals surface area contributed by atoms with E-state index in [1.165, 1.54) is 0 Å². The highest BCUT2D eigenvalue weighted by Crippen LogP contribution is 2.43. The second-order valence-electron chi connectivity index (χ2n) is 6.55. The molecule has 1 atom stereocenters. The van der Waals surface area contributed by atoms with Crippen molar-refractivity contribution < 1.29 is 18.6 Å². The monoisotopic (exact) mass is 312 g/mol. The third-order valence-electron chi connectivity index (χ3n) is 4.47.